The Labute approximate surface area is 173 Å². The van der Waals surface area contributed by atoms with Crippen LogP contribution in [0.5, 0.6) is 0 Å². The summed E-state index contributed by atoms with van der Waals surface area (Å²) in [4.78, 5) is 14.8. The minimum absolute atomic E-state index is 0. The molecule has 0 saturated heterocycles. The fourth-order valence-corrected chi connectivity index (χ4v) is 3.97. The van der Waals surface area contributed by atoms with Crippen molar-refractivity contribution in [1.82, 2.24) is 0 Å². The van der Waals surface area contributed by atoms with Crippen molar-refractivity contribution in [3.8, 4) is 0 Å². The molecule has 1 aliphatic heterocycles. The van der Waals surface area contributed by atoms with Crippen LogP contribution in [0.15, 0.2) is 48.5 Å². The largest absolute Gasteiger partial charge is 0.367 e. The highest BCUT2D eigenvalue weighted by Crippen LogP contribution is 2.30. The molecule has 27 heavy (non-hydrogen) atoms. The van der Waals surface area contributed by atoms with Crippen molar-refractivity contribution in [3.05, 3.63) is 59.7 Å². The first kappa shape index (κ1) is 21.5. The summed E-state index contributed by atoms with van der Waals surface area (Å²) in [7, 11) is 0. The van der Waals surface area contributed by atoms with Gasteiger partial charge in [0.25, 0.3) is 0 Å². The van der Waals surface area contributed by atoms with Gasteiger partial charge in [0.15, 0.2) is 0 Å². The number of nitrogens with zero attached hydrogens (tertiary/aromatic N) is 1. The van der Waals surface area contributed by atoms with E-state index in [-0.39, 0.29) is 30.7 Å². The van der Waals surface area contributed by atoms with Gasteiger partial charge in [-0.05, 0) is 48.6 Å². The average Bonchev–Trinajstić information content (AvgIpc) is 3.25. The fourth-order valence-electron chi connectivity index (χ4n) is 3.97. The second-order valence-corrected chi connectivity index (χ2v) is 7.31. The lowest BCUT2D eigenvalue weighted by Gasteiger charge is -2.22. The van der Waals surface area contributed by atoms with E-state index >= 15 is 0 Å². The van der Waals surface area contributed by atoms with Crippen molar-refractivity contribution >= 4 is 42.1 Å². The number of benzene rings is 2. The number of fused-ring (bicyclic) bond motifs is 1. The number of carbonyl (C=O) groups excluding carboxylic acids is 1. The maximum atomic E-state index is 12.4. The van der Waals surface area contributed by atoms with Crippen LogP contribution < -0.4 is 16.0 Å². The number of anilines is 2. The normalized spacial score (nSPS) is 16.9. The second-order valence-electron chi connectivity index (χ2n) is 7.31. The minimum Gasteiger partial charge on any atom is -0.367 e. The van der Waals surface area contributed by atoms with Gasteiger partial charge < -0.3 is 16.0 Å². The van der Waals surface area contributed by atoms with Crippen LogP contribution in [0.2, 0.25) is 0 Å². The van der Waals surface area contributed by atoms with Crippen LogP contribution in [-0.2, 0) is 17.8 Å². The van der Waals surface area contributed by atoms with Gasteiger partial charge in [0.1, 0.15) is 0 Å². The molecule has 2 aromatic carbocycles. The highest BCUT2D eigenvalue weighted by molar-refractivity contribution is 5.98. The number of hydrogen-bond donors (Lipinski definition) is 2. The lowest BCUT2D eigenvalue weighted by atomic mass is 9.98. The van der Waals surface area contributed by atoms with Gasteiger partial charge in [0, 0.05) is 24.5 Å². The molecule has 0 atom stereocenters. The summed E-state index contributed by atoms with van der Waals surface area (Å²) in [6, 6.07) is 16.7. The van der Waals surface area contributed by atoms with Crippen LogP contribution in [0.3, 0.4) is 0 Å². The number of nitrogens with two attached hydrogens (primary N) is 1. The Kier molecular flexibility index (Phi) is 7.15. The molecule has 4 rings (SSSR count). The molecule has 4 nitrogen and oxygen atoms in total. The third kappa shape index (κ3) is 4.57. The van der Waals surface area contributed by atoms with Gasteiger partial charge in [-0.25, -0.2) is 0 Å². The highest BCUT2D eigenvalue weighted by atomic mass is 35.5. The molecule has 1 fully saturated rings. The fraction of sp³-hybridized carbons (Fsp3) is 0.381. The number of halogens is 2. The van der Waals surface area contributed by atoms with Crippen LogP contribution in [-0.4, -0.2) is 18.0 Å². The molecule has 3 N–H and O–H groups in total. The molecule has 0 bridgehead atoms. The molecule has 1 aliphatic carbocycles. The maximum absolute atomic E-state index is 12.4. The monoisotopic (exact) mass is 407 g/mol. The predicted molar refractivity (Wildman–Crippen MR) is 116 cm³/mol. The van der Waals surface area contributed by atoms with Crippen molar-refractivity contribution < 1.29 is 4.79 Å². The lowest BCUT2D eigenvalue weighted by molar-refractivity contribution is -0.121. The van der Waals surface area contributed by atoms with Crippen molar-refractivity contribution in [3.63, 3.8) is 0 Å². The number of para-hydroxylation sites is 1. The Morgan fingerprint density at radius 2 is 1.70 bits per heavy atom. The number of nitrogens with one attached hydrogen (secondary N) is 1. The van der Waals surface area contributed by atoms with Gasteiger partial charge in [-0.2, -0.15) is 0 Å². The second kappa shape index (κ2) is 8.96. The molecule has 146 valence electrons. The van der Waals surface area contributed by atoms with Crippen molar-refractivity contribution in [2.24, 2.45) is 5.73 Å². The van der Waals surface area contributed by atoms with Gasteiger partial charge in [-0.1, -0.05) is 43.2 Å². The van der Waals surface area contributed by atoms with Crippen LogP contribution in [0.1, 0.15) is 36.8 Å². The molecule has 2 aromatic rings. The van der Waals surface area contributed by atoms with E-state index in [2.05, 4.69) is 46.6 Å². The molecule has 1 amide bonds. The molecular weight excluding hydrogens is 381 g/mol. The summed E-state index contributed by atoms with van der Waals surface area (Å²) in [5.41, 5.74) is 10.4. The molecular formula is C21H27Cl2N3O. The summed E-state index contributed by atoms with van der Waals surface area (Å²) in [5, 5.41) is 2.98. The summed E-state index contributed by atoms with van der Waals surface area (Å²) < 4.78 is 0. The summed E-state index contributed by atoms with van der Waals surface area (Å²) in [6.45, 7) is 1.96. The van der Waals surface area contributed by atoms with Crippen LogP contribution in [0.4, 0.5) is 11.4 Å². The Morgan fingerprint density at radius 1 is 1.04 bits per heavy atom. The van der Waals surface area contributed by atoms with E-state index in [1.807, 2.05) is 12.1 Å². The predicted octanol–water partition coefficient (Wildman–Crippen LogP) is 4.30. The first-order chi connectivity index (χ1) is 12.1. The number of hydrogen-bond acceptors (Lipinski definition) is 3. The van der Waals surface area contributed by atoms with E-state index in [1.165, 1.54) is 16.8 Å². The molecule has 2 aliphatic rings. The van der Waals surface area contributed by atoms with Gasteiger partial charge in [0.2, 0.25) is 5.91 Å². The Balaban J connectivity index is 0.00000131. The Bertz CT molecular complexity index is 773. The Hall–Kier alpha value is -1.75. The zero-order valence-corrected chi connectivity index (χ0v) is 17.0. The van der Waals surface area contributed by atoms with Gasteiger partial charge >= 0.3 is 0 Å². The topological polar surface area (TPSA) is 58.4 Å². The van der Waals surface area contributed by atoms with E-state index in [1.54, 1.807) is 0 Å². The average molecular weight is 408 g/mol. The van der Waals surface area contributed by atoms with Crippen molar-refractivity contribution in [2.45, 2.75) is 44.2 Å². The molecule has 6 heteroatoms. The molecule has 0 radical (unpaired) electrons. The zero-order chi connectivity index (χ0) is 17.3. The standard InChI is InChI=1S/C21H25N3O.2ClH/c22-21(12-3-4-13-21)20(25)23-18-9-7-16(8-10-18)15-24-14-11-17-5-1-2-6-19(17)24;;/h1-2,5-10H,3-4,11-15,22H2,(H,23,25);2*1H. The number of amides is 1. The van der Waals surface area contributed by atoms with E-state index in [9.17, 15) is 4.79 Å². The van der Waals surface area contributed by atoms with Crippen LogP contribution in [0.25, 0.3) is 0 Å². The van der Waals surface area contributed by atoms with E-state index < -0.39 is 5.54 Å². The lowest BCUT2D eigenvalue weighted by Crippen LogP contribution is -2.48. The number of carbonyl (C=O) groups is 1. The van der Waals surface area contributed by atoms with Crippen molar-refractivity contribution in [2.75, 3.05) is 16.8 Å². The Morgan fingerprint density at radius 3 is 2.41 bits per heavy atom. The smallest absolute Gasteiger partial charge is 0.244 e. The molecule has 0 aromatic heterocycles. The summed E-state index contributed by atoms with van der Waals surface area (Å²) in [6.07, 6.45) is 4.76. The zero-order valence-electron chi connectivity index (χ0n) is 15.3. The third-order valence-corrected chi connectivity index (χ3v) is 5.52. The highest BCUT2D eigenvalue weighted by Gasteiger charge is 2.36. The molecule has 1 heterocycles. The van der Waals surface area contributed by atoms with E-state index in [0.29, 0.717) is 0 Å². The minimum atomic E-state index is -0.683. The molecule has 0 spiro atoms. The van der Waals surface area contributed by atoms with Crippen LogP contribution >= 0.6 is 24.8 Å². The number of rotatable bonds is 4. The first-order valence-electron chi connectivity index (χ1n) is 9.16. The van der Waals surface area contributed by atoms with Gasteiger partial charge in [0.05, 0.1) is 5.54 Å². The van der Waals surface area contributed by atoms with Gasteiger partial charge in [-0.3, -0.25) is 4.79 Å². The first-order valence-corrected chi connectivity index (χ1v) is 9.16. The maximum Gasteiger partial charge on any atom is 0.244 e. The molecule has 1 saturated carbocycles. The summed E-state index contributed by atoms with van der Waals surface area (Å²) in [5.74, 6) is -0.0498. The van der Waals surface area contributed by atoms with Crippen molar-refractivity contribution in [1.29, 1.82) is 0 Å². The van der Waals surface area contributed by atoms with E-state index in [0.717, 1.165) is 50.9 Å². The van der Waals surface area contributed by atoms with E-state index in [4.69, 9.17) is 5.73 Å². The molecule has 0 unspecified atom stereocenters. The quantitative estimate of drug-likeness (QED) is 0.793. The SMILES string of the molecule is Cl.Cl.NC1(C(=O)Nc2ccc(CN3CCc4ccccc43)cc2)CCCC1. The van der Waals surface area contributed by atoms with Crippen LogP contribution in [0, 0.1) is 0 Å². The van der Waals surface area contributed by atoms with Gasteiger partial charge in [-0.15, -0.1) is 24.8 Å². The summed E-state index contributed by atoms with van der Waals surface area (Å²) >= 11 is 0. The third-order valence-electron chi connectivity index (χ3n) is 5.52.